The largest absolute Gasteiger partial charge is 0.805 e. The van der Waals surface area contributed by atoms with Crippen LogP contribution in [0.5, 0.6) is 11.5 Å². The molecule has 0 radical (unpaired) electrons. The minimum Gasteiger partial charge on any atom is -0.805 e. The molecule has 2 aromatic carbocycles. The Balaban J connectivity index is 2.17. The molecular formula is C17H14F2N2O4S. The van der Waals surface area contributed by atoms with Gasteiger partial charge in [-0.3, -0.25) is 0 Å². The zero-order valence-corrected chi connectivity index (χ0v) is 14.9. The third-order valence-corrected chi connectivity index (χ3v) is 4.97. The van der Waals surface area contributed by atoms with Gasteiger partial charge in [0.25, 0.3) is 5.52 Å². The third-order valence-electron chi connectivity index (χ3n) is 3.82. The molecule has 0 aliphatic heterocycles. The van der Waals surface area contributed by atoms with E-state index in [1.807, 2.05) is 0 Å². The van der Waals surface area contributed by atoms with E-state index in [2.05, 4.69) is 0 Å². The summed E-state index contributed by atoms with van der Waals surface area (Å²) in [6.07, 6.45) is 0. The maximum Gasteiger partial charge on any atom is 0.320 e. The van der Waals surface area contributed by atoms with Gasteiger partial charge in [0.1, 0.15) is 5.52 Å². The highest BCUT2D eigenvalue weighted by Crippen LogP contribution is 2.35. The highest BCUT2D eigenvalue weighted by Gasteiger charge is 2.23. The third kappa shape index (κ3) is 2.94. The molecule has 0 bridgehead atoms. The van der Waals surface area contributed by atoms with Crippen LogP contribution < -0.4 is 13.9 Å². The summed E-state index contributed by atoms with van der Waals surface area (Å²) in [4.78, 5) is 13.3. The Hall–Kier alpha value is -2.81. The highest BCUT2D eigenvalue weighted by atomic mass is 32.2. The van der Waals surface area contributed by atoms with E-state index in [9.17, 15) is 18.9 Å². The average molecular weight is 380 g/mol. The second kappa shape index (κ2) is 6.83. The van der Waals surface area contributed by atoms with Gasteiger partial charge in [-0.25, -0.2) is 8.78 Å². The molecule has 136 valence electrons. The summed E-state index contributed by atoms with van der Waals surface area (Å²) in [5, 5.41) is 12.4. The molecule has 0 unspecified atom stereocenters. The lowest BCUT2D eigenvalue weighted by molar-refractivity contribution is -0.511. The van der Waals surface area contributed by atoms with E-state index in [1.54, 1.807) is 18.2 Å². The first kappa shape index (κ1) is 18.0. The van der Waals surface area contributed by atoms with Crippen molar-refractivity contribution in [2.24, 2.45) is 0 Å². The molecule has 0 aliphatic rings. The van der Waals surface area contributed by atoms with E-state index in [4.69, 9.17) is 9.47 Å². The van der Waals surface area contributed by atoms with Gasteiger partial charge in [0.2, 0.25) is 0 Å². The predicted octanol–water partition coefficient (Wildman–Crippen LogP) is 3.66. The maximum atomic E-state index is 13.5. The summed E-state index contributed by atoms with van der Waals surface area (Å²) < 4.78 is 38.2. The fourth-order valence-corrected chi connectivity index (χ4v) is 3.42. The molecule has 6 nitrogen and oxygen atoms in total. The molecule has 0 saturated carbocycles. The van der Waals surface area contributed by atoms with Crippen LogP contribution in [0.4, 0.5) is 8.78 Å². The first-order valence-corrected chi connectivity index (χ1v) is 8.23. The van der Waals surface area contributed by atoms with Gasteiger partial charge in [0.05, 0.1) is 30.4 Å². The van der Waals surface area contributed by atoms with Crippen LogP contribution in [-0.2, 0) is 0 Å². The zero-order valence-electron chi connectivity index (χ0n) is 14.1. The van der Waals surface area contributed by atoms with Crippen molar-refractivity contribution < 1.29 is 22.7 Å². The molecule has 0 N–H and O–H groups in total. The second-order valence-corrected chi connectivity index (χ2v) is 6.42. The molecule has 0 spiro atoms. The Bertz CT molecular complexity index is 1070. The van der Waals surface area contributed by atoms with Crippen molar-refractivity contribution in [1.29, 1.82) is 0 Å². The zero-order chi connectivity index (χ0) is 19.0. The topological polar surface area (TPSA) is 69.4 Å². The first-order valence-electron chi connectivity index (χ1n) is 7.41. The molecule has 0 fully saturated rings. The smallest absolute Gasteiger partial charge is 0.320 e. The lowest BCUT2D eigenvalue weighted by atomic mass is 10.2. The lowest BCUT2D eigenvalue weighted by Gasteiger charge is -2.16. The van der Waals surface area contributed by atoms with Crippen molar-refractivity contribution in [3.8, 4) is 11.5 Å². The van der Waals surface area contributed by atoms with Crippen LogP contribution >= 0.6 is 11.8 Å². The van der Waals surface area contributed by atoms with Gasteiger partial charge in [-0.15, -0.1) is 0 Å². The first-order chi connectivity index (χ1) is 12.4. The van der Waals surface area contributed by atoms with Crippen LogP contribution in [0.2, 0.25) is 0 Å². The summed E-state index contributed by atoms with van der Waals surface area (Å²) >= 11 is 1.01. The van der Waals surface area contributed by atoms with Crippen molar-refractivity contribution in [3.63, 3.8) is 0 Å². The molecule has 26 heavy (non-hydrogen) atoms. The van der Waals surface area contributed by atoms with E-state index in [1.165, 1.54) is 21.1 Å². The van der Waals surface area contributed by atoms with Crippen LogP contribution in [0, 0.1) is 28.7 Å². The molecule has 0 atom stereocenters. The van der Waals surface area contributed by atoms with Crippen LogP contribution in [0.25, 0.3) is 11.0 Å². The molecule has 3 rings (SSSR count). The predicted molar refractivity (Wildman–Crippen MR) is 92.4 cm³/mol. The number of benzene rings is 2. The molecule has 9 heteroatoms. The quantitative estimate of drug-likeness (QED) is 0.646. The van der Waals surface area contributed by atoms with E-state index in [0.717, 1.165) is 11.8 Å². The van der Waals surface area contributed by atoms with Crippen LogP contribution in [0.15, 0.2) is 40.3 Å². The fraction of sp³-hybridized carbons (Fsp3) is 0.176. The Labute approximate surface area is 151 Å². The van der Waals surface area contributed by atoms with Crippen molar-refractivity contribution in [2.75, 3.05) is 14.2 Å². The number of nitrogens with zero attached hydrogens (tertiary/aromatic N) is 2. The Morgan fingerprint density at radius 1 is 1.08 bits per heavy atom. The molecule has 0 amide bonds. The Kier molecular flexibility index (Phi) is 4.73. The van der Waals surface area contributed by atoms with Gasteiger partial charge in [-0.05, 0) is 36.9 Å². The maximum absolute atomic E-state index is 13.5. The van der Waals surface area contributed by atoms with Gasteiger partial charge < -0.3 is 19.4 Å². The van der Waals surface area contributed by atoms with Crippen molar-refractivity contribution >= 4 is 22.8 Å². The molecule has 1 aromatic heterocycles. The van der Waals surface area contributed by atoms with Gasteiger partial charge in [-0.2, -0.15) is 0 Å². The Morgan fingerprint density at radius 2 is 1.73 bits per heavy atom. The van der Waals surface area contributed by atoms with Crippen LogP contribution in [-0.4, -0.2) is 19.0 Å². The standard InChI is InChI=1S/C17H14F2N2O4S/c1-9-17(26-10-4-5-15(24-2)16(6-10)25-3)21(23)14-8-12(19)11(18)7-13(14)20(9)22/h4-8H,1-3H3. The molecule has 0 saturated heterocycles. The van der Waals surface area contributed by atoms with E-state index < -0.39 is 11.6 Å². The number of hydrogen-bond donors (Lipinski definition) is 0. The van der Waals surface area contributed by atoms with E-state index in [-0.39, 0.29) is 21.8 Å². The van der Waals surface area contributed by atoms with E-state index in [0.29, 0.717) is 37.7 Å². The monoisotopic (exact) mass is 380 g/mol. The lowest BCUT2D eigenvalue weighted by Crippen LogP contribution is -2.24. The summed E-state index contributed by atoms with van der Waals surface area (Å²) in [5.74, 6) is -1.43. The fourth-order valence-electron chi connectivity index (χ4n) is 2.48. The Morgan fingerprint density at radius 3 is 2.38 bits per heavy atom. The number of hydrogen-bond acceptors (Lipinski definition) is 5. The number of fused-ring (bicyclic) bond motifs is 1. The molecule has 0 aliphatic carbocycles. The summed E-state index contributed by atoms with van der Waals surface area (Å²) in [5.41, 5.74) is -0.432. The van der Waals surface area contributed by atoms with Crippen molar-refractivity contribution in [3.05, 3.63) is 57.8 Å². The summed E-state index contributed by atoms with van der Waals surface area (Å²) in [6.45, 7) is 1.44. The highest BCUT2D eigenvalue weighted by molar-refractivity contribution is 7.99. The van der Waals surface area contributed by atoms with Crippen LogP contribution in [0.3, 0.4) is 0 Å². The minimum absolute atomic E-state index is 0.0470. The molecule has 3 aromatic rings. The second-order valence-electron chi connectivity index (χ2n) is 5.35. The van der Waals surface area contributed by atoms with Gasteiger partial charge in [0.15, 0.2) is 23.1 Å². The van der Waals surface area contributed by atoms with Gasteiger partial charge in [-0.1, -0.05) is 0 Å². The normalized spacial score (nSPS) is 11.0. The van der Waals surface area contributed by atoms with Crippen molar-refractivity contribution in [1.82, 2.24) is 4.73 Å². The molecule has 1 heterocycles. The number of ether oxygens (including phenoxy) is 2. The molecular weight excluding hydrogens is 366 g/mol. The summed E-state index contributed by atoms with van der Waals surface area (Å²) in [6, 6.07) is 6.42. The number of methoxy groups -OCH3 is 2. The number of rotatable bonds is 4. The number of halogens is 2. The van der Waals surface area contributed by atoms with Gasteiger partial charge >= 0.3 is 5.03 Å². The van der Waals surface area contributed by atoms with E-state index >= 15 is 0 Å². The SMILES string of the molecule is COc1ccc(Sc2c(C)n([O-])c3cc(F)c(F)cc3[n+]2=O)cc1OC. The van der Waals surface area contributed by atoms with Crippen molar-refractivity contribution in [2.45, 2.75) is 16.8 Å². The van der Waals surface area contributed by atoms with Gasteiger partial charge in [0, 0.05) is 15.9 Å². The average Bonchev–Trinajstić information content (AvgIpc) is 2.64. The van der Waals surface area contributed by atoms with Crippen LogP contribution in [0.1, 0.15) is 5.69 Å². The minimum atomic E-state index is -1.20. The summed E-state index contributed by atoms with van der Waals surface area (Å²) in [7, 11) is 2.97. The number of aromatic nitrogens is 2.